The van der Waals surface area contributed by atoms with E-state index >= 15 is 0 Å². The van der Waals surface area contributed by atoms with Crippen molar-refractivity contribution >= 4 is 29.2 Å². The van der Waals surface area contributed by atoms with Crippen LogP contribution in [0.1, 0.15) is 5.56 Å². The van der Waals surface area contributed by atoms with Crippen molar-refractivity contribution in [1.29, 1.82) is 0 Å². The third-order valence-electron chi connectivity index (χ3n) is 3.47. The molecule has 0 unspecified atom stereocenters. The van der Waals surface area contributed by atoms with E-state index in [0.717, 1.165) is 39.4 Å². The molecule has 9 heteroatoms. The number of nitro groups is 1. The number of thiocarbonyl (C=S) groups is 1. The van der Waals surface area contributed by atoms with Crippen molar-refractivity contribution in [3.63, 3.8) is 0 Å². The minimum atomic E-state index is -0.441. The molecule has 3 N–H and O–H groups in total. The van der Waals surface area contributed by atoms with Crippen LogP contribution in [0.15, 0.2) is 29.4 Å². The monoisotopic (exact) mass is 338 g/mol. The minimum Gasteiger partial charge on any atom is -0.370 e. The lowest BCUT2D eigenvalue weighted by Crippen LogP contribution is -3.14. The van der Waals surface area contributed by atoms with Crippen molar-refractivity contribution in [2.75, 3.05) is 39.4 Å². The highest BCUT2D eigenvalue weighted by Crippen LogP contribution is 2.14. The van der Waals surface area contributed by atoms with E-state index in [1.54, 1.807) is 18.2 Å². The standard InChI is InChI=1S/C14H19N5O3S/c20-19(21)13-4-2-1-3-12(13)11-16-17-14(23)15-5-6-18-7-9-22-10-8-18/h1-4,11H,5-10H2,(H2,15,17,23)/p+1/b16-11-. The van der Waals surface area contributed by atoms with Crippen LogP contribution in [0.5, 0.6) is 0 Å². The third kappa shape index (κ3) is 5.89. The number of nitrogens with one attached hydrogen (secondary N) is 3. The van der Waals surface area contributed by atoms with Gasteiger partial charge in [-0.3, -0.25) is 15.5 Å². The number of nitrogens with zero attached hydrogens (tertiary/aromatic N) is 2. The molecule has 23 heavy (non-hydrogen) atoms. The highest BCUT2D eigenvalue weighted by atomic mass is 32.1. The molecule has 0 amide bonds. The second-order valence-corrected chi connectivity index (χ2v) is 5.46. The van der Waals surface area contributed by atoms with Crippen LogP contribution in [-0.2, 0) is 4.74 Å². The van der Waals surface area contributed by atoms with Crippen LogP contribution >= 0.6 is 12.2 Å². The summed E-state index contributed by atoms with van der Waals surface area (Å²) < 4.78 is 5.30. The Morgan fingerprint density at radius 1 is 1.43 bits per heavy atom. The van der Waals surface area contributed by atoms with Crippen molar-refractivity contribution in [2.24, 2.45) is 5.10 Å². The van der Waals surface area contributed by atoms with E-state index in [9.17, 15) is 10.1 Å². The quantitative estimate of drug-likeness (QED) is 0.275. The summed E-state index contributed by atoms with van der Waals surface area (Å²) in [5.41, 5.74) is 3.10. The number of morpholine rings is 1. The number of benzene rings is 1. The van der Waals surface area contributed by atoms with Gasteiger partial charge in [-0.05, 0) is 18.3 Å². The number of hydrogen-bond donors (Lipinski definition) is 3. The molecule has 1 heterocycles. The van der Waals surface area contributed by atoms with E-state index in [-0.39, 0.29) is 5.69 Å². The Bertz CT molecular complexity index is 575. The van der Waals surface area contributed by atoms with Crippen molar-refractivity contribution in [2.45, 2.75) is 0 Å². The second-order valence-electron chi connectivity index (χ2n) is 5.05. The number of para-hydroxylation sites is 1. The third-order valence-corrected chi connectivity index (χ3v) is 3.70. The Kier molecular flexibility index (Phi) is 6.85. The molecule has 0 atom stereocenters. The highest BCUT2D eigenvalue weighted by Gasteiger charge is 2.13. The van der Waals surface area contributed by atoms with E-state index in [4.69, 9.17) is 17.0 Å². The maximum absolute atomic E-state index is 10.9. The molecule has 124 valence electrons. The van der Waals surface area contributed by atoms with Crippen molar-refractivity contribution in [1.82, 2.24) is 10.7 Å². The molecule has 0 radical (unpaired) electrons. The van der Waals surface area contributed by atoms with Gasteiger partial charge in [0.25, 0.3) is 5.69 Å². The average molecular weight is 338 g/mol. The first kappa shape index (κ1) is 17.3. The number of quaternary nitrogens is 1. The molecule has 0 aliphatic carbocycles. The highest BCUT2D eigenvalue weighted by molar-refractivity contribution is 7.80. The van der Waals surface area contributed by atoms with Crippen LogP contribution in [0, 0.1) is 10.1 Å². The van der Waals surface area contributed by atoms with E-state index in [2.05, 4.69) is 15.8 Å². The number of hydrogen-bond acceptors (Lipinski definition) is 5. The topological polar surface area (TPSA) is 93.2 Å². The molecule has 0 aromatic heterocycles. The van der Waals surface area contributed by atoms with Gasteiger partial charge in [0.2, 0.25) is 0 Å². The van der Waals surface area contributed by atoms with E-state index in [1.165, 1.54) is 17.2 Å². The van der Waals surface area contributed by atoms with Crippen molar-refractivity contribution in [3.8, 4) is 0 Å². The molecular formula is C14H20N5O3S+. The Morgan fingerprint density at radius 3 is 2.91 bits per heavy atom. The first-order chi connectivity index (χ1) is 11.2. The van der Waals surface area contributed by atoms with Gasteiger partial charge in [-0.1, -0.05) is 12.1 Å². The molecule has 2 rings (SSSR count). The normalized spacial score (nSPS) is 15.5. The molecule has 0 saturated carbocycles. The number of nitro benzene ring substituents is 1. The minimum absolute atomic E-state index is 0.00726. The van der Waals surface area contributed by atoms with Crippen LogP contribution in [0.2, 0.25) is 0 Å². The van der Waals surface area contributed by atoms with Gasteiger partial charge in [0.05, 0.1) is 43.0 Å². The Morgan fingerprint density at radius 2 is 2.17 bits per heavy atom. The molecule has 0 bridgehead atoms. The zero-order valence-electron chi connectivity index (χ0n) is 12.7. The Balaban J connectivity index is 1.72. The Labute approximate surface area is 139 Å². The average Bonchev–Trinajstić information content (AvgIpc) is 2.56. The molecule has 1 saturated heterocycles. The SMILES string of the molecule is O=[N+]([O-])c1ccccc1/C=N\NC(=S)NCC[NH+]1CCOCC1. The first-order valence-electron chi connectivity index (χ1n) is 7.38. The van der Waals surface area contributed by atoms with Gasteiger partial charge >= 0.3 is 0 Å². The fourth-order valence-corrected chi connectivity index (χ4v) is 2.38. The van der Waals surface area contributed by atoms with Gasteiger partial charge in [0.15, 0.2) is 5.11 Å². The second kappa shape index (κ2) is 9.13. The lowest BCUT2D eigenvalue weighted by molar-refractivity contribution is -0.906. The van der Waals surface area contributed by atoms with Crippen LogP contribution < -0.4 is 15.6 Å². The summed E-state index contributed by atoms with van der Waals surface area (Å²) in [5, 5.41) is 18.3. The summed E-state index contributed by atoms with van der Waals surface area (Å²) >= 11 is 5.12. The van der Waals surface area contributed by atoms with Gasteiger partial charge < -0.3 is 15.0 Å². The van der Waals surface area contributed by atoms with Crippen molar-refractivity contribution in [3.05, 3.63) is 39.9 Å². The Hall–Kier alpha value is -2.10. The van der Waals surface area contributed by atoms with Crippen LogP contribution in [0.4, 0.5) is 5.69 Å². The van der Waals surface area contributed by atoms with Gasteiger partial charge in [0, 0.05) is 6.07 Å². The maximum Gasteiger partial charge on any atom is 0.278 e. The van der Waals surface area contributed by atoms with Gasteiger partial charge in [0.1, 0.15) is 13.1 Å². The maximum atomic E-state index is 10.9. The summed E-state index contributed by atoms with van der Waals surface area (Å²) in [7, 11) is 0. The fraction of sp³-hybridized carbons (Fsp3) is 0.429. The molecule has 1 aromatic rings. The summed E-state index contributed by atoms with van der Waals surface area (Å²) in [6, 6.07) is 6.39. The fourth-order valence-electron chi connectivity index (χ4n) is 2.23. The number of ether oxygens (including phenoxy) is 1. The summed E-state index contributed by atoms with van der Waals surface area (Å²) in [6.45, 7) is 5.33. The van der Waals surface area contributed by atoms with Crippen LogP contribution in [0.25, 0.3) is 0 Å². The molecule has 8 nitrogen and oxygen atoms in total. The smallest absolute Gasteiger partial charge is 0.278 e. The molecule has 1 aliphatic rings. The number of hydrazone groups is 1. The predicted octanol–water partition coefficient (Wildman–Crippen LogP) is -0.692. The van der Waals surface area contributed by atoms with Gasteiger partial charge in [-0.15, -0.1) is 0 Å². The lowest BCUT2D eigenvalue weighted by Gasteiger charge is -2.23. The van der Waals surface area contributed by atoms with Crippen molar-refractivity contribution < 1.29 is 14.6 Å². The van der Waals surface area contributed by atoms with Crippen LogP contribution in [0.3, 0.4) is 0 Å². The van der Waals surface area contributed by atoms with E-state index in [0.29, 0.717) is 10.7 Å². The van der Waals surface area contributed by atoms with Gasteiger partial charge in [-0.2, -0.15) is 5.10 Å². The number of rotatable bonds is 6. The molecule has 1 aliphatic heterocycles. The largest absolute Gasteiger partial charge is 0.370 e. The molecule has 1 aromatic carbocycles. The van der Waals surface area contributed by atoms with Gasteiger partial charge in [-0.25, -0.2) is 0 Å². The first-order valence-corrected chi connectivity index (χ1v) is 7.79. The zero-order chi connectivity index (χ0) is 16.5. The lowest BCUT2D eigenvalue weighted by atomic mass is 10.2. The molecule has 1 fully saturated rings. The predicted molar refractivity (Wildman–Crippen MR) is 90.8 cm³/mol. The summed E-state index contributed by atoms with van der Waals surface area (Å²) in [4.78, 5) is 11.9. The van der Waals surface area contributed by atoms with Crippen LogP contribution in [-0.4, -0.2) is 55.6 Å². The summed E-state index contributed by atoms with van der Waals surface area (Å²) in [6.07, 6.45) is 1.39. The molecular weight excluding hydrogens is 318 g/mol. The summed E-state index contributed by atoms with van der Waals surface area (Å²) in [5.74, 6) is 0. The molecule has 0 spiro atoms. The zero-order valence-corrected chi connectivity index (χ0v) is 13.5. The van der Waals surface area contributed by atoms with E-state index < -0.39 is 4.92 Å². The van der Waals surface area contributed by atoms with E-state index in [1.807, 2.05) is 0 Å².